The van der Waals surface area contributed by atoms with Gasteiger partial charge in [-0.25, -0.2) is 4.98 Å². The van der Waals surface area contributed by atoms with Crippen LogP contribution in [0.5, 0.6) is 0 Å². The van der Waals surface area contributed by atoms with Crippen LogP contribution in [-0.4, -0.2) is 15.7 Å². The number of benzene rings is 1. The minimum Gasteiger partial charge on any atom is -0.377 e. The number of aliphatic hydroxyl groups is 1. The van der Waals surface area contributed by atoms with Crippen LogP contribution in [0.2, 0.25) is 0 Å². The van der Waals surface area contributed by atoms with Crippen LogP contribution in [0.1, 0.15) is 62.9 Å². The fourth-order valence-corrected chi connectivity index (χ4v) is 9.04. The number of terminal acetylenes is 1. The Balaban J connectivity index is 1.34. The van der Waals surface area contributed by atoms with Crippen LogP contribution >= 0.6 is 11.3 Å². The Kier molecular flexibility index (Phi) is 4.46. The summed E-state index contributed by atoms with van der Waals surface area (Å²) in [6, 6.07) is 10.3. The molecule has 1 aromatic heterocycles. The molecule has 0 aliphatic heterocycles. The fraction of sp³-hybridized carbons (Fsp3) is 0.536. The molecule has 6 atom stereocenters. The lowest BCUT2D eigenvalue weighted by Crippen LogP contribution is -2.53. The van der Waals surface area contributed by atoms with Crippen molar-refractivity contribution in [1.29, 1.82) is 0 Å². The van der Waals surface area contributed by atoms with Gasteiger partial charge in [-0.15, -0.1) is 6.42 Å². The largest absolute Gasteiger partial charge is 0.377 e. The Hall–Kier alpha value is -2.09. The van der Waals surface area contributed by atoms with Crippen molar-refractivity contribution in [3.05, 3.63) is 47.0 Å². The molecule has 0 radical (unpaired) electrons. The Morgan fingerprint density at radius 1 is 1.12 bits per heavy atom. The van der Waals surface area contributed by atoms with Crippen LogP contribution < -0.4 is 5.32 Å². The SMILES string of the molecule is C#C[C@]1(O)CC[C@H]2[C@@H]3CC=C4c5sc(Nc6ccccc6)nc5CC[C@]4(C)[C@H]3CC[C@@]21C. The van der Waals surface area contributed by atoms with Gasteiger partial charge in [0.1, 0.15) is 5.60 Å². The first-order valence-electron chi connectivity index (χ1n) is 12.1. The maximum atomic E-state index is 11.2. The standard InChI is InChI=1S/C28H32N2OS/c1-4-28(31)17-13-21-19-10-11-22-24-23(30-25(32-24)29-18-8-6-5-7-9-18)14-15-26(22,2)20(19)12-16-27(21,28)3/h1,5-9,11,19-21,31H,10,12-17H2,2-3H3,(H,29,30)/t19-,20+,21+,26-,27+,28+/m1/s1. The van der Waals surface area contributed by atoms with Gasteiger partial charge in [-0.05, 0) is 85.8 Å². The van der Waals surface area contributed by atoms with E-state index in [1.54, 1.807) is 0 Å². The zero-order valence-corrected chi connectivity index (χ0v) is 19.8. The van der Waals surface area contributed by atoms with E-state index in [1.165, 1.54) is 29.0 Å². The number of nitrogens with one attached hydrogen (secondary N) is 1. The zero-order chi connectivity index (χ0) is 22.1. The summed E-state index contributed by atoms with van der Waals surface area (Å²) < 4.78 is 0. The molecular weight excluding hydrogens is 412 g/mol. The maximum absolute atomic E-state index is 11.2. The normalized spacial score (nSPS) is 39.7. The molecule has 4 aliphatic carbocycles. The molecule has 4 heteroatoms. The third-order valence-corrected chi connectivity index (χ3v) is 10.7. The third-order valence-electron chi connectivity index (χ3n) is 9.70. The average Bonchev–Trinajstić information content (AvgIpc) is 3.32. The van der Waals surface area contributed by atoms with Crippen molar-refractivity contribution >= 4 is 27.7 Å². The van der Waals surface area contributed by atoms with Gasteiger partial charge in [0.25, 0.3) is 0 Å². The van der Waals surface area contributed by atoms with Gasteiger partial charge in [0.15, 0.2) is 5.13 Å². The highest BCUT2D eigenvalue weighted by Crippen LogP contribution is 2.68. The van der Waals surface area contributed by atoms with Crippen molar-refractivity contribution in [2.24, 2.45) is 28.6 Å². The quantitative estimate of drug-likeness (QED) is 0.524. The first-order valence-corrected chi connectivity index (χ1v) is 12.9. The lowest BCUT2D eigenvalue weighted by Gasteiger charge is -2.57. The van der Waals surface area contributed by atoms with E-state index in [0.717, 1.165) is 42.9 Å². The van der Waals surface area contributed by atoms with Gasteiger partial charge in [0.2, 0.25) is 0 Å². The highest BCUT2D eigenvalue weighted by molar-refractivity contribution is 7.16. The number of aromatic nitrogens is 1. The van der Waals surface area contributed by atoms with Crippen molar-refractivity contribution in [2.75, 3.05) is 5.32 Å². The minimum absolute atomic E-state index is 0.137. The fourth-order valence-electron chi connectivity index (χ4n) is 7.83. The zero-order valence-electron chi connectivity index (χ0n) is 19.0. The van der Waals surface area contributed by atoms with E-state index in [1.807, 2.05) is 17.4 Å². The first kappa shape index (κ1) is 20.5. The Labute approximate surface area is 195 Å². The number of anilines is 2. The van der Waals surface area contributed by atoms with Crippen molar-refractivity contribution in [2.45, 2.75) is 64.4 Å². The van der Waals surface area contributed by atoms with Crippen LogP contribution in [0.3, 0.4) is 0 Å². The molecule has 0 spiro atoms. The topological polar surface area (TPSA) is 45.1 Å². The molecule has 2 fully saturated rings. The second kappa shape index (κ2) is 6.95. The highest BCUT2D eigenvalue weighted by Gasteiger charge is 2.63. The van der Waals surface area contributed by atoms with E-state index >= 15 is 0 Å². The number of fused-ring (bicyclic) bond motifs is 7. The second-order valence-electron chi connectivity index (χ2n) is 10.9. The molecule has 32 heavy (non-hydrogen) atoms. The van der Waals surface area contributed by atoms with Crippen molar-refractivity contribution < 1.29 is 5.11 Å². The molecule has 0 bridgehead atoms. The predicted octanol–water partition coefficient (Wildman–Crippen LogP) is 6.43. The molecule has 6 rings (SSSR count). The van der Waals surface area contributed by atoms with Gasteiger partial charge >= 0.3 is 0 Å². The average molecular weight is 445 g/mol. The number of rotatable bonds is 2. The molecular formula is C28H32N2OS. The number of hydrogen-bond acceptors (Lipinski definition) is 4. The minimum atomic E-state index is -0.928. The number of thiazole rings is 1. The van der Waals surface area contributed by atoms with Gasteiger partial charge in [0, 0.05) is 11.1 Å². The first-order chi connectivity index (χ1) is 15.4. The summed E-state index contributed by atoms with van der Waals surface area (Å²) in [5.41, 5.74) is 3.02. The Morgan fingerprint density at radius 3 is 2.69 bits per heavy atom. The molecule has 0 amide bonds. The smallest absolute Gasteiger partial charge is 0.187 e. The van der Waals surface area contributed by atoms with Gasteiger partial charge in [0.05, 0.1) is 10.6 Å². The molecule has 0 unspecified atom stereocenters. The molecule has 2 N–H and O–H groups in total. The number of allylic oxidation sites excluding steroid dienone is 2. The predicted molar refractivity (Wildman–Crippen MR) is 132 cm³/mol. The number of nitrogens with zero attached hydrogens (tertiary/aromatic N) is 1. The second-order valence-corrected chi connectivity index (χ2v) is 11.9. The molecule has 0 saturated heterocycles. The molecule has 3 nitrogen and oxygen atoms in total. The molecule has 166 valence electrons. The summed E-state index contributed by atoms with van der Waals surface area (Å²) in [6.07, 6.45) is 15.7. The van der Waals surface area contributed by atoms with Gasteiger partial charge in [-0.2, -0.15) is 0 Å². The van der Waals surface area contributed by atoms with Crippen LogP contribution in [0.25, 0.3) is 5.57 Å². The van der Waals surface area contributed by atoms with E-state index in [0.29, 0.717) is 17.8 Å². The van der Waals surface area contributed by atoms with Crippen molar-refractivity contribution in [3.8, 4) is 12.3 Å². The molecule has 2 saturated carbocycles. The van der Waals surface area contributed by atoms with Gasteiger partial charge in [-0.3, -0.25) is 0 Å². The molecule has 2 aromatic rings. The lowest BCUT2D eigenvalue weighted by atomic mass is 9.47. The molecule has 1 aromatic carbocycles. The third kappa shape index (κ3) is 2.68. The van der Waals surface area contributed by atoms with Crippen LogP contribution in [0.4, 0.5) is 10.8 Å². The summed E-state index contributed by atoms with van der Waals surface area (Å²) in [4.78, 5) is 6.38. The van der Waals surface area contributed by atoms with Gasteiger partial charge in [-0.1, -0.05) is 55.4 Å². The van der Waals surface area contributed by atoms with Crippen LogP contribution in [0.15, 0.2) is 36.4 Å². The van der Waals surface area contributed by atoms with Crippen molar-refractivity contribution in [3.63, 3.8) is 0 Å². The van der Waals surface area contributed by atoms with E-state index < -0.39 is 5.60 Å². The van der Waals surface area contributed by atoms with E-state index in [2.05, 4.69) is 55.4 Å². The number of hydrogen-bond donors (Lipinski definition) is 2. The summed E-state index contributed by atoms with van der Waals surface area (Å²) >= 11 is 1.82. The van der Waals surface area contributed by atoms with E-state index in [4.69, 9.17) is 11.4 Å². The summed E-state index contributed by atoms with van der Waals surface area (Å²) in [6.45, 7) is 4.78. The summed E-state index contributed by atoms with van der Waals surface area (Å²) in [5, 5.41) is 15.7. The van der Waals surface area contributed by atoms with E-state index in [-0.39, 0.29) is 10.8 Å². The molecule has 1 heterocycles. The maximum Gasteiger partial charge on any atom is 0.187 e. The lowest BCUT2D eigenvalue weighted by molar-refractivity contribution is -0.0886. The van der Waals surface area contributed by atoms with Crippen LogP contribution in [0, 0.1) is 40.9 Å². The Morgan fingerprint density at radius 2 is 1.91 bits per heavy atom. The van der Waals surface area contributed by atoms with Crippen molar-refractivity contribution in [1.82, 2.24) is 4.98 Å². The van der Waals surface area contributed by atoms with E-state index in [9.17, 15) is 5.11 Å². The summed E-state index contributed by atoms with van der Waals surface area (Å²) in [7, 11) is 0. The van der Waals surface area contributed by atoms with Crippen LogP contribution in [-0.2, 0) is 6.42 Å². The highest BCUT2D eigenvalue weighted by atomic mass is 32.1. The number of para-hydroxylation sites is 1. The Bertz CT molecular complexity index is 1130. The van der Waals surface area contributed by atoms with Gasteiger partial charge < -0.3 is 10.4 Å². The number of aryl methyl sites for hydroxylation is 1. The molecule has 4 aliphatic rings. The summed E-state index contributed by atoms with van der Waals surface area (Å²) in [5.74, 6) is 4.62. The monoisotopic (exact) mass is 444 g/mol.